The third-order valence-corrected chi connectivity index (χ3v) is 3.85. The van der Waals surface area contributed by atoms with Crippen molar-refractivity contribution in [3.05, 3.63) is 0 Å². The van der Waals surface area contributed by atoms with Crippen LogP contribution in [0.4, 0.5) is 4.79 Å². The summed E-state index contributed by atoms with van der Waals surface area (Å²) in [4.78, 5) is 24.4. The van der Waals surface area contributed by atoms with Gasteiger partial charge in [-0.1, -0.05) is 11.8 Å². The molecule has 0 bridgehead atoms. The molecule has 1 N–H and O–H groups in total. The standard InChI is InChI=1S/C9H13NO4S/c11-7(12)9(1-4-14-5-2-9)10-3-6-15-8(10)13/h1-6H2,(H,11,12). The Labute approximate surface area is 91.8 Å². The summed E-state index contributed by atoms with van der Waals surface area (Å²) in [5.41, 5.74) is -1.02. The SMILES string of the molecule is O=C1SCCN1C1(C(=O)O)CCOCC1. The minimum absolute atomic E-state index is 0.112. The number of carboxylic acids is 1. The van der Waals surface area contributed by atoms with Gasteiger partial charge in [-0.05, 0) is 0 Å². The first-order valence-electron chi connectivity index (χ1n) is 4.92. The Hall–Kier alpha value is -0.750. The fraction of sp³-hybridized carbons (Fsp3) is 0.778. The molecule has 1 amide bonds. The molecule has 0 radical (unpaired) electrons. The second kappa shape index (κ2) is 4.02. The molecule has 2 aliphatic heterocycles. The van der Waals surface area contributed by atoms with Crippen molar-refractivity contribution in [1.29, 1.82) is 0 Å². The Morgan fingerprint density at radius 1 is 1.47 bits per heavy atom. The van der Waals surface area contributed by atoms with Gasteiger partial charge in [0.05, 0.1) is 0 Å². The molecule has 0 aliphatic carbocycles. The van der Waals surface area contributed by atoms with E-state index in [2.05, 4.69) is 0 Å². The van der Waals surface area contributed by atoms with Crippen LogP contribution in [0.5, 0.6) is 0 Å². The molecular weight excluding hydrogens is 218 g/mol. The van der Waals surface area contributed by atoms with Crippen LogP contribution >= 0.6 is 11.8 Å². The number of rotatable bonds is 2. The second-order valence-electron chi connectivity index (χ2n) is 3.72. The predicted octanol–water partition coefficient (Wildman–Crippen LogP) is 0.789. The summed E-state index contributed by atoms with van der Waals surface area (Å²) in [6, 6.07) is 0. The number of hydrogen-bond donors (Lipinski definition) is 1. The van der Waals surface area contributed by atoms with Crippen LogP contribution in [-0.2, 0) is 9.53 Å². The summed E-state index contributed by atoms with van der Waals surface area (Å²) < 4.78 is 5.16. The van der Waals surface area contributed by atoms with Gasteiger partial charge in [0.15, 0.2) is 0 Å². The number of carbonyl (C=O) groups is 2. The van der Waals surface area contributed by atoms with E-state index >= 15 is 0 Å². The highest BCUT2D eigenvalue weighted by molar-refractivity contribution is 8.13. The number of amides is 1. The molecule has 2 fully saturated rings. The average molecular weight is 231 g/mol. The van der Waals surface area contributed by atoms with Gasteiger partial charge in [-0.15, -0.1) is 0 Å². The molecule has 84 valence electrons. The first kappa shape index (κ1) is 10.8. The minimum Gasteiger partial charge on any atom is -0.479 e. The summed E-state index contributed by atoms with van der Waals surface area (Å²) in [5.74, 6) is -0.212. The van der Waals surface area contributed by atoms with Gasteiger partial charge in [0.1, 0.15) is 5.54 Å². The van der Waals surface area contributed by atoms with E-state index in [9.17, 15) is 14.7 Å². The molecule has 0 aromatic rings. The van der Waals surface area contributed by atoms with Gasteiger partial charge < -0.3 is 14.7 Å². The van der Waals surface area contributed by atoms with E-state index < -0.39 is 11.5 Å². The largest absolute Gasteiger partial charge is 0.479 e. The number of carbonyl (C=O) groups excluding carboxylic acids is 1. The van der Waals surface area contributed by atoms with Gasteiger partial charge in [-0.2, -0.15) is 0 Å². The van der Waals surface area contributed by atoms with Crippen LogP contribution in [0.15, 0.2) is 0 Å². The molecule has 2 heterocycles. The third kappa shape index (κ3) is 1.72. The quantitative estimate of drug-likeness (QED) is 0.761. The predicted molar refractivity (Wildman–Crippen MR) is 55.0 cm³/mol. The van der Waals surface area contributed by atoms with Crippen molar-refractivity contribution in [3.8, 4) is 0 Å². The summed E-state index contributed by atoms with van der Waals surface area (Å²) >= 11 is 1.20. The molecule has 5 nitrogen and oxygen atoms in total. The first-order chi connectivity index (χ1) is 7.17. The highest BCUT2D eigenvalue weighted by atomic mass is 32.2. The van der Waals surface area contributed by atoms with E-state index in [0.29, 0.717) is 38.4 Å². The monoisotopic (exact) mass is 231 g/mol. The van der Waals surface area contributed by atoms with Crippen LogP contribution in [-0.4, -0.2) is 52.3 Å². The molecule has 0 aromatic heterocycles. The normalized spacial score (nSPS) is 25.6. The van der Waals surface area contributed by atoms with Crippen LogP contribution in [0.2, 0.25) is 0 Å². The van der Waals surface area contributed by atoms with Crippen molar-refractivity contribution >= 4 is 23.0 Å². The number of hydrogen-bond acceptors (Lipinski definition) is 4. The Balaban J connectivity index is 2.24. The van der Waals surface area contributed by atoms with E-state index in [1.54, 1.807) is 0 Å². The zero-order chi connectivity index (χ0) is 10.9. The summed E-state index contributed by atoms with van der Waals surface area (Å²) in [6.45, 7) is 1.37. The minimum atomic E-state index is -1.02. The Morgan fingerprint density at radius 3 is 2.60 bits per heavy atom. The maximum Gasteiger partial charge on any atom is 0.329 e. The van der Waals surface area contributed by atoms with Crippen LogP contribution in [0.1, 0.15) is 12.8 Å². The lowest BCUT2D eigenvalue weighted by Gasteiger charge is -2.40. The van der Waals surface area contributed by atoms with Crippen molar-refractivity contribution in [2.45, 2.75) is 18.4 Å². The average Bonchev–Trinajstić information content (AvgIpc) is 2.66. The number of carboxylic acid groups (broad SMARTS) is 1. The third-order valence-electron chi connectivity index (χ3n) is 3.00. The van der Waals surface area contributed by atoms with Gasteiger partial charge in [-0.25, -0.2) is 4.79 Å². The maximum absolute atomic E-state index is 11.6. The number of thioether (sulfide) groups is 1. The number of nitrogens with zero attached hydrogens (tertiary/aromatic N) is 1. The topological polar surface area (TPSA) is 66.8 Å². The van der Waals surface area contributed by atoms with E-state index in [0.717, 1.165) is 0 Å². The molecule has 2 saturated heterocycles. The van der Waals surface area contributed by atoms with Crippen LogP contribution in [0.25, 0.3) is 0 Å². The van der Waals surface area contributed by atoms with Crippen LogP contribution in [0, 0.1) is 0 Å². The molecule has 0 unspecified atom stereocenters. The molecule has 6 heteroatoms. The summed E-state index contributed by atoms with van der Waals surface area (Å²) in [6.07, 6.45) is 0.795. The molecule has 0 atom stereocenters. The van der Waals surface area contributed by atoms with E-state index in [1.165, 1.54) is 16.7 Å². The lowest BCUT2D eigenvalue weighted by atomic mass is 9.88. The van der Waals surface area contributed by atoms with Crippen molar-refractivity contribution in [2.75, 3.05) is 25.5 Å². The van der Waals surface area contributed by atoms with Crippen molar-refractivity contribution in [2.24, 2.45) is 0 Å². The van der Waals surface area contributed by atoms with Crippen LogP contribution < -0.4 is 0 Å². The lowest BCUT2D eigenvalue weighted by molar-refractivity contribution is -0.155. The van der Waals surface area contributed by atoms with E-state index in [-0.39, 0.29) is 5.24 Å². The smallest absolute Gasteiger partial charge is 0.329 e. The molecular formula is C9H13NO4S. The first-order valence-corrected chi connectivity index (χ1v) is 5.91. The van der Waals surface area contributed by atoms with Gasteiger partial charge in [0.25, 0.3) is 5.24 Å². The highest BCUT2D eigenvalue weighted by Gasteiger charge is 2.49. The van der Waals surface area contributed by atoms with Crippen molar-refractivity contribution in [3.63, 3.8) is 0 Å². The molecule has 2 rings (SSSR count). The highest BCUT2D eigenvalue weighted by Crippen LogP contribution is 2.34. The van der Waals surface area contributed by atoms with Gasteiger partial charge in [-0.3, -0.25) is 4.79 Å². The zero-order valence-corrected chi connectivity index (χ0v) is 9.09. The Bertz CT molecular complexity index is 288. The van der Waals surface area contributed by atoms with Crippen LogP contribution in [0.3, 0.4) is 0 Å². The number of aliphatic carboxylic acids is 1. The second-order valence-corrected chi connectivity index (χ2v) is 4.76. The summed E-state index contributed by atoms with van der Waals surface area (Å²) in [7, 11) is 0. The molecule has 0 saturated carbocycles. The number of ether oxygens (including phenoxy) is 1. The van der Waals surface area contributed by atoms with E-state index in [1.807, 2.05) is 0 Å². The zero-order valence-electron chi connectivity index (χ0n) is 8.27. The van der Waals surface area contributed by atoms with Crippen molar-refractivity contribution in [1.82, 2.24) is 4.90 Å². The fourth-order valence-electron chi connectivity index (χ4n) is 2.09. The van der Waals surface area contributed by atoms with Crippen molar-refractivity contribution < 1.29 is 19.4 Å². The summed E-state index contributed by atoms with van der Waals surface area (Å²) in [5, 5.41) is 9.20. The maximum atomic E-state index is 11.6. The fourth-order valence-corrected chi connectivity index (χ4v) is 2.96. The molecule has 0 aromatic carbocycles. The molecule has 15 heavy (non-hydrogen) atoms. The van der Waals surface area contributed by atoms with Gasteiger partial charge >= 0.3 is 5.97 Å². The van der Waals surface area contributed by atoms with Gasteiger partial charge in [0, 0.05) is 38.4 Å². The van der Waals surface area contributed by atoms with Gasteiger partial charge in [0.2, 0.25) is 0 Å². The molecule has 2 aliphatic rings. The van der Waals surface area contributed by atoms with E-state index in [4.69, 9.17) is 4.74 Å². The lowest BCUT2D eigenvalue weighted by Crippen LogP contribution is -2.57. The Kier molecular flexibility index (Phi) is 2.88. The molecule has 0 spiro atoms. The Morgan fingerprint density at radius 2 is 2.13 bits per heavy atom.